The molecule has 0 atom stereocenters. The highest BCUT2D eigenvalue weighted by Crippen LogP contribution is 2.30. The number of halogens is 4. The summed E-state index contributed by atoms with van der Waals surface area (Å²) in [7, 11) is 1.85. The normalized spacial score (nSPS) is 11.2. The topological polar surface area (TPSA) is 17.8 Å². The lowest BCUT2D eigenvalue weighted by atomic mass is 10.1. The summed E-state index contributed by atoms with van der Waals surface area (Å²) in [6.45, 7) is 0. The Labute approximate surface area is 119 Å². The van der Waals surface area contributed by atoms with Gasteiger partial charge in [0.2, 0.25) is 0 Å². The number of imidazole rings is 1. The van der Waals surface area contributed by atoms with Crippen LogP contribution in [0.1, 0.15) is 11.1 Å². The number of alkyl halides is 3. The zero-order chi connectivity index (χ0) is 13.2. The van der Waals surface area contributed by atoms with Gasteiger partial charge in [0.25, 0.3) is 0 Å². The molecule has 2 rings (SSSR count). The molecule has 0 aliphatic heterocycles. The highest BCUT2D eigenvalue weighted by Gasteiger charge is 2.30. The lowest BCUT2D eigenvalue weighted by molar-refractivity contribution is -0.137. The molecular formula is C12H12ClF3N2S. The Kier molecular flexibility index (Phi) is 5.31. The first-order chi connectivity index (χ1) is 8.47. The smallest absolute Gasteiger partial charge is 0.329 e. The van der Waals surface area contributed by atoms with Crippen LogP contribution < -0.4 is 0 Å². The van der Waals surface area contributed by atoms with Gasteiger partial charge in [0.1, 0.15) is 0 Å². The number of hydrogen-bond donors (Lipinski definition) is 0. The highest BCUT2D eigenvalue weighted by atomic mass is 35.5. The van der Waals surface area contributed by atoms with Gasteiger partial charge in [-0.3, -0.25) is 0 Å². The quantitative estimate of drug-likeness (QED) is 0.793. The molecule has 7 heteroatoms. The molecule has 104 valence electrons. The first kappa shape index (κ1) is 15.9. The minimum absolute atomic E-state index is 0. The van der Waals surface area contributed by atoms with E-state index in [1.54, 1.807) is 18.5 Å². The molecule has 1 heterocycles. The van der Waals surface area contributed by atoms with Crippen LogP contribution >= 0.6 is 24.2 Å². The van der Waals surface area contributed by atoms with Crippen LogP contribution in [-0.2, 0) is 19.0 Å². The molecule has 0 aliphatic rings. The average molecular weight is 309 g/mol. The molecule has 0 amide bonds. The first-order valence-corrected chi connectivity index (χ1v) is 6.21. The van der Waals surface area contributed by atoms with Gasteiger partial charge in [0, 0.05) is 25.2 Å². The maximum Gasteiger partial charge on any atom is 0.416 e. The second-order valence-electron chi connectivity index (χ2n) is 3.81. The van der Waals surface area contributed by atoms with E-state index in [4.69, 9.17) is 0 Å². The molecule has 2 aromatic rings. The average Bonchev–Trinajstić information content (AvgIpc) is 2.72. The fourth-order valence-corrected chi connectivity index (χ4v) is 2.35. The van der Waals surface area contributed by atoms with Crippen molar-refractivity contribution >= 4 is 24.2 Å². The van der Waals surface area contributed by atoms with Crippen molar-refractivity contribution in [2.45, 2.75) is 17.1 Å². The molecule has 0 aliphatic carbocycles. The largest absolute Gasteiger partial charge is 0.416 e. The Morgan fingerprint density at radius 2 is 2.05 bits per heavy atom. The summed E-state index contributed by atoms with van der Waals surface area (Å²) in [5.41, 5.74) is 0.0262. The van der Waals surface area contributed by atoms with Crippen molar-refractivity contribution in [3.8, 4) is 0 Å². The zero-order valence-corrected chi connectivity index (χ0v) is 11.6. The Morgan fingerprint density at radius 3 is 2.63 bits per heavy atom. The molecular weight excluding hydrogens is 297 g/mol. The van der Waals surface area contributed by atoms with E-state index >= 15 is 0 Å². The van der Waals surface area contributed by atoms with Crippen molar-refractivity contribution in [3.05, 3.63) is 47.8 Å². The third-order valence-corrected chi connectivity index (χ3v) is 3.53. The Morgan fingerprint density at radius 1 is 1.32 bits per heavy atom. The molecule has 1 aromatic heterocycles. The second kappa shape index (κ2) is 6.34. The van der Waals surface area contributed by atoms with Crippen LogP contribution in [-0.4, -0.2) is 9.55 Å². The van der Waals surface area contributed by atoms with E-state index in [1.165, 1.54) is 23.9 Å². The van der Waals surface area contributed by atoms with Crippen LogP contribution in [0.2, 0.25) is 0 Å². The highest BCUT2D eigenvalue weighted by molar-refractivity contribution is 7.98. The second-order valence-corrected chi connectivity index (χ2v) is 4.75. The number of aryl methyl sites for hydroxylation is 1. The van der Waals surface area contributed by atoms with E-state index in [0.29, 0.717) is 11.3 Å². The van der Waals surface area contributed by atoms with Crippen molar-refractivity contribution < 1.29 is 13.2 Å². The summed E-state index contributed by atoms with van der Waals surface area (Å²) in [6, 6.07) is 5.37. The Bertz CT molecular complexity index is 540. The van der Waals surface area contributed by atoms with Gasteiger partial charge in [-0.2, -0.15) is 13.2 Å². The molecule has 1 aromatic carbocycles. The predicted octanol–water partition coefficient (Wildman–Crippen LogP) is 4.15. The summed E-state index contributed by atoms with van der Waals surface area (Å²) < 4.78 is 39.4. The van der Waals surface area contributed by atoms with E-state index in [-0.39, 0.29) is 12.4 Å². The SMILES string of the molecule is Cl.Cn1ccnc1SCc1cccc(C(F)(F)F)c1. The van der Waals surface area contributed by atoms with Crippen LogP contribution in [0.15, 0.2) is 41.8 Å². The number of nitrogens with zero attached hydrogens (tertiary/aromatic N) is 2. The van der Waals surface area contributed by atoms with E-state index in [9.17, 15) is 13.2 Å². The number of aromatic nitrogens is 2. The van der Waals surface area contributed by atoms with Gasteiger partial charge < -0.3 is 4.57 Å². The minimum Gasteiger partial charge on any atom is -0.329 e. The summed E-state index contributed by atoms with van der Waals surface area (Å²) in [4.78, 5) is 4.11. The summed E-state index contributed by atoms with van der Waals surface area (Å²) in [6.07, 6.45) is -0.827. The predicted molar refractivity (Wildman–Crippen MR) is 71.5 cm³/mol. The van der Waals surface area contributed by atoms with Gasteiger partial charge >= 0.3 is 6.18 Å². The van der Waals surface area contributed by atoms with Crippen molar-refractivity contribution in [2.75, 3.05) is 0 Å². The molecule has 0 saturated carbocycles. The zero-order valence-electron chi connectivity index (χ0n) is 10.0. The van der Waals surface area contributed by atoms with E-state index in [1.807, 2.05) is 11.6 Å². The number of thioether (sulfide) groups is 1. The van der Waals surface area contributed by atoms with Crippen LogP contribution in [0, 0.1) is 0 Å². The molecule has 0 N–H and O–H groups in total. The molecule has 0 fully saturated rings. The van der Waals surface area contributed by atoms with E-state index < -0.39 is 11.7 Å². The van der Waals surface area contributed by atoms with Gasteiger partial charge in [0.15, 0.2) is 5.16 Å². The van der Waals surface area contributed by atoms with Crippen molar-refractivity contribution in [3.63, 3.8) is 0 Å². The number of benzene rings is 1. The molecule has 0 spiro atoms. The summed E-state index contributed by atoms with van der Waals surface area (Å²) >= 11 is 1.41. The Hall–Kier alpha value is -1.14. The number of rotatable bonds is 3. The van der Waals surface area contributed by atoms with Gasteiger partial charge in [-0.15, -0.1) is 12.4 Å². The maximum absolute atomic E-state index is 12.5. The molecule has 19 heavy (non-hydrogen) atoms. The first-order valence-electron chi connectivity index (χ1n) is 5.23. The molecule has 2 nitrogen and oxygen atoms in total. The summed E-state index contributed by atoms with van der Waals surface area (Å²) in [5.74, 6) is 0.467. The van der Waals surface area contributed by atoms with Crippen LogP contribution in [0.3, 0.4) is 0 Å². The van der Waals surface area contributed by atoms with Crippen molar-refractivity contribution in [1.29, 1.82) is 0 Å². The summed E-state index contributed by atoms with van der Waals surface area (Å²) in [5, 5.41) is 0.785. The van der Waals surface area contributed by atoms with Crippen LogP contribution in [0.4, 0.5) is 13.2 Å². The number of hydrogen-bond acceptors (Lipinski definition) is 2. The molecule has 0 bridgehead atoms. The standard InChI is InChI=1S/C12H11F3N2S.ClH/c1-17-6-5-16-11(17)18-8-9-3-2-4-10(7-9)12(13,14)15;/h2-7H,8H2,1H3;1H. The van der Waals surface area contributed by atoms with Crippen molar-refractivity contribution in [1.82, 2.24) is 9.55 Å². The van der Waals surface area contributed by atoms with E-state index in [0.717, 1.165) is 11.2 Å². The van der Waals surface area contributed by atoms with E-state index in [2.05, 4.69) is 4.98 Å². The van der Waals surface area contributed by atoms with Gasteiger partial charge in [0.05, 0.1) is 5.56 Å². The monoisotopic (exact) mass is 308 g/mol. The van der Waals surface area contributed by atoms with Crippen LogP contribution in [0.25, 0.3) is 0 Å². The lowest BCUT2D eigenvalue weighted by Gasteiger charge is -2.08. The fourth-order valence-electron chi connectivity index (χ4n) is 1.48. The fraction of sp³-hybridized carbons (Fsp3) is 0.250. The minimum atomic E-state index is -4.29. The third kappa shape index (κ3) is 4.18. The van der Waals surface area contributed by atoms with Crippen molar-refractivity contribution in [2.24, 2.45) is 7.05 Å². The molecule has 0 unspecified atom stereocenters. The third-order valence-electron chi connectivity index (χ3n) is 2.40. The van der Waals surface area contributed by atoms with Gasteiger partial charge in [-0.05, 0) is 11.6 Å². The van der Waals surface area contributed by atoms with Gasteiger partial charge in [-0.1, -0.05) is 30.0 Å². The van der Waals surface area contributed by atoms with Gasteiger partial charge in [-0.25, -0.2) is 4.98 Å². The Balaban J connectivity index is 0.00000180. The van der Waals surface area contributed by atoms with Crippen LogP contribution in [0.5, 0.6) is 0 Å². The molecule has 0 radical (unpaired) electrons. The maximum atomic E-state index is 12.5. The molecule has 0 saturated heterocycles. The lowest BCUT2D eigenvalue weighted by Crippen LogP contribution is -2.05.